The molecule has 0 aromatic heterocycles. The van der Waals surface area contributed by atoms with Crippen molar-refractivity contribution < 1.29 is 9.13 Å². The van der Waals surface area contributed by atoms with E-state index in [-0.39, 0.29) is 11.9 Å². The van der Waals surface area contributed by atoms with Gasteiger partial charge in [0.2, 0.25) is 0 Å². The van der Waals surface area contributed by atoms with Gasteiger partial charge in [-0.25, -0.2) is 4.39 Å². The number of benzene rings is 1. The lowest BCUT2D eigenvalue weighted by molar-refractivity contribution is 0.408. The van der Waals surface area contributed by atoms with Crippen LogP contribution in [0.4, 0.5) is 4.39 Å². The third kappa shape index (κ3) is 4.30. The number of unbranched alkanes of at least 4 members (excludes halogenated alkanes) is 3. The Kier molecular flexibility index (Phi) is 6.73. The van der Waals surface area contributed by atoms with E-state index in [2.05, 4.69) is 12.2 Å². The molecule has 1 aromatic carbocycles. The molecule has 0 aliphatic carbocycles. The first-order valence-corrected chi connectivity index (χ1v) is 6.73. The van der Waals surface area contributed by atoms with Crippen LogP contribution in [0.2, 0.25) is 0 Å². The molecule has 0 heterocycles. The van der Waals surface area contributed by atoms with Gasteiger partial charge in [-0.1, -0.05) is 38.7 Å². The minimum absolute atomic E-state index is 0.0905. The molecule has 0 fully saturated rings. The summed E-state index contributed by atoms with van der Waals surface area (Å²) in [5.41, 5.74) is 0.731. The lowest BCUT2D eigenvalue weighted by atomic mass is 9.99. The van der Waals surface area contributed by atoms with E-state index in [0.29, 0.717) is 5.75 Å². The zero-order valence-electron chi connectivity index (χ0n) is 11.6. The smallest absolute Gasteiger partial charge is 0.131 e. The second-order valence-corrected chi connectivity index (χ2v) is 4.58. The second-order valence-electron chi connectivity index (χ2n) is 4.58. The number of halogens is 1. The Bertz CT molecular complexity index is 354. The molecular formula is C15H24FNO. The standard InChI is InChI=1S/C15H24FNO/c1-4-5-6-7-8-15(17-2)13-10-9-12(18-3)11-14(13)16/h9-11,15,17H,4-8H2,1-3H3. The molecule has 1 aromatic rings. The van der Waals surface area contributed by atoms with Crippen LogP contribution in [0, 0.1) is 5.82 Å². The molecule has 0 aliphatic rings. The summed E-state index contributed by atoms with van der Waals surface area (Å²) in [6.45, 7) is 2.19. The topological polar surface area (TPSA) is 21.3 Å². The van der Waals surface area contributed by atoms with Gasteiger partial charge < -0.3 is 10.1 Å². The van der Waals surface area contributed by atoms with Crippen LogP contribution < -0.4 is 10.1 Å². The van der Waals surface area contributed by atoms with Crippen molar-refractivity contribution in [2.75, 3.05) is 14.2 Å². The fourth-order valence-corrected chi connectivity index (χ4v) is 2.15. The molecule has 0 radical (unpaired) electrons. The van der Waals surface area contributed by atoms with Crippen molar-refractivity contribution in [2.45, 2.75) is 45.1 Å². The first-order valence-electron chi connectivity index (χ1n) is 6.73. The maximum atomic E-state index is 13.9. The Balaban J connectivity index is 2.63. The molecule has 0 spiro atoms. The Labute approximate surface area is 110 Å². The normalized spacial score (nSPS) is 12.4. The number of nitrogens with one attached hydrogen (secondary N) is 1. The summed E-state index contributed by atoms with van der Waals surface area (Å²) in [5.74, 6) is 0.376. The van der Waals surface area contributed by atoms with Crippen LogP contribution in [0.1, 0.15) is 50.6 Å². The van der Waals surface area contributed by atoms with Crippen LogP contribution in [0.15, 0.2) is 18.2 Å². The van der Waals surface area contributed by atoms with E-state index in [0.717, 1.165) is 18.4 Å². The van der Waals surface area contributed by atoms with Crippen molar-refractivity contribution in [3.8, 4) is 5.75 Å². The van der Waals surface area contributed by atoms with E-state index < -0.39 is 0 Å². The number of hydrogen-bond acceptors (Lipinski definition) is 2. The zero-order valence-corrected chi connectivity index (χ0v) is 11.6. The van der Waals surface area contributed by atoms with Gasteiger partial charge in [0.1, 0.15) is 11.6 Å². The molecule has 1 N–H and O–H groups in total. The average molecular weight is 253 g/mol. The molecule has 0 saturated heterocycles. The molecular weight excluding hydrogens is 229 g/mol. The maximum Gasteiger partial charge on any atom is 0.131 e. The molecule has 0 saturated carbocycles. The van der Waals surface area contributed by atoms with Gasteiger partial charge in [-0.2, -0.15) is 0 Å². The molecule has 18 heavy (non-hydrogen) atoms. The Morgan fingerprint density at radius 3 is 2.61 bits per heavy atom. The summed E-state index contributed by atoms with van der Waals surface area (Å²) in [6, 6.07) is 5.17. The van der Waals surface area contributed by atoms with Crippen molar-refractivity contribution in [2.24, 2.45) is 0 Å². The first kappa shape index (κ1) is 15.0. The lowest BCUT2D eigenvalue weighted by Gasteiger charge is -2.17. The van der Waals surface area contributed by atoms with Gasteiger partial charge in [-0.05, 0) is 19.5 Å². The molecule has 0 amide bonds. The van der Waals surface area contributed by atoms with Gasteiger partial charge >= 0.3 is 0 Å². The average Bonchev–Trinajstić information content (AvgIpc) is 2.39. The fourth-order valence-electron chi connectivity index (χ4n) is 2.15. The van der Waals surface area contributed by atoms with Gasteiger partial charge in [0.05, 0.1) is 7.11 Å². The predicted molar refractivity (Wildman–Crippen MR) is 73.5 cm³/mol. The molecule has 102 valence electrons. The van der Waals surface area contributed by atoms with Crippen LogP contribution in [-0.4, -0.2) is 14.2 Å². The van der Waals surface area contributed by atoms with Crippen molar-refractivity contribution >= 4 is 0 Å². The predicted octanol–water partition coefficient (Wildman–Crippen LogP) is 4.07. The zero-order chi connectivity index (χ0) is 13.4. The number of ether oxygens (including phenoxy) is 1. The third-order valence-corrected chi connectivity index (χ3v) is 3.28. The highest BCUT2D eigenvalue weighted by atomic mass is 19.1. The lowest BCUT2D eigenvalue weighted by Crippen LogP contribution is -2.17. The second kappa shape index (κ2) is 8.09. The number of hydrogen-bond donors (Lipinski definition) is 1. The summed E-state index contributed by atoms with van der Waals surface area (Å²) in [6.07, 6.45) is 5.79. The Morgan fingerprint density at radius 1 is 1.28 bits per heavy atom. The minimum Gasteiger partial charge on any atom is -0.497 e. The molecule has 1 atom stereocenters. The van der Waals surface area contributed by atoms with E-state index >= 15 is 0 Å². The van der Waals surface area contributed by atoms with E-state index in [1.54, 1.807) is 7.11 Å². The molecule has 0 aliphatic heterocycles. The molecule has 2 nitrogen and oxygen atoms in total. The summed E-state index contributed by atoms with van der Waals surface area (Å²) in [7, 11) is 3.43. The van der Waals surface area contributed by atoms with Crippen LogP contribution in [0.3, 0.4) is 0 Å². The highest BCUT2D eigenvalue weighted by Gasteiger charge is 2.14. The fraction of sp³-hybridized carbons (Fsp3) is 0.600. The van der Waals surface area contributed by atoms with E-state index in [4.69, 9.17) is 4.74 Å². The summed E-state index contributed by atoms with van der Waals surface area (Å²) >= 11 is 0. The van der Waals surface area contributed by atoms with Crippen molar-refractivity contribution in [1.29, 1.82) is 0 Å². The van der Waals surface area contributed by atoms with Gasteiger partial charge in [0, 0.05) is 17.7 Å². The molecule has 0 bridgehead atoms. The maximum absolute atomic E-state index is 13.9. The highest BCUT2D eigenvalue weighted by Crippen LogP contribution is 2.25. The number of rotatable bonds is 8. The summed E-state index contributed by atoms with van der Waals surface area (Å²) in [4.78, 5) is 0. The van der Waals surface area contributed by atoms with E-state index in [1.165, 1.54) is 25.3 Å². The molecule has 3 heteroatoms. The Morgan fingerprint density at radius 2 is 2.06 bits per heavy atom. The Hall–Kier alpha value is -1.09. The van der Waals surface area contributed by atoms with Gasteiger partial charge in [0.25, 0.3) is 0 Å². The van der Waals surface area contributed by atoms with Crippen LogP contribution in [0.5, 0.6) is 5.75 Å². The van der Waals surface area contributed by atoms with Crippen LogP contribution in [0.25, 0.3) is 0 Å². The van der Waals surface area contributed by atoms with Crippen molar-refractivity contribution in [3.63, 3.8) is 0 Å². The molecule has 1 unspecified atom stereocenters. The van der Waals surface area contributed by atoms with Gasteiger partial charge in [0.15, 0.2) is 0 Å². The quantitative estimate of drug-likeness (QED) is 0.705. The van der Waals surface area contributed by atoms with Gasteiger partial charge in [-0.3, -0.25) is 0 Å². The van der Waals surface area contributed by atoms with E-state index in [9.17, 15) is 4.39 Å². The SMILES string of the molecule is CCCCCCC(NC)c1ccc(OC)cc1F. The number of methoxy groups -OCH3 is 1. The summed E-state index contributed by atoms with van der Waals surface area (Å²) < 4.78 is 18.9. The first-order chi connectivity index (χ1) is 8.72. The monoisotopic (exact) mass is 253 g/mol. The van der Waals surface area contributed by atoms with Gasteiger partial charge in [-0.15, -0.1) is 0 Å². The van der Waals surface area contributed by atoms with Crippen molar-refractivity contribution in [1.82, 2.24) is 5.32 Å². The van der Waals surface area contributed by atoms with Crippen LogP contribution >= 0.6 is 0 Å². The highest BCUT2D eigenvalue weighted by molar-refractivity contribution is 5.30. The van der Waals surface area contributed by atoms with E-state index in [1.807, 2.05) is 19.2 Å². The van der Waals surface area contributed by atoms with Crippen molar-refractivity contribution in [3.05, 3.63) is 29.6 Å². The minimum atomic E-state index is -0.191. The third-order valence-electron chi connectivity index (χ3n) is 3.28. The summed E-state index contributed by atoms with van der Waals surface area (Å²) in [5, 5.41) is 3.19. The largest absolute Gasteiger partial charge is 0.497 e. The molecule has 1 rings (SSSR count). The van der Waals surface area contributed by atoms with Crippen LogP contribution in [-0.2, 0) is 0 Å².